The van der Waals surface area contributed by atoms with Gasteiger partial charge in [0.15, 0.2) is 0 Å². The predicted octanol–water partition coefficient (Wildman–Crippen LogP) is 5.90. The first-order chi connectivity index (χ1) is 9.39. The molecule has 0 N–H and O–H groups in total. The van der Waals surface area contributed by atoms with Crippen molar-refractivity contribution in [3.05, 3.63) is 59.7 Å². The smallest absolute Gasteiger partial charge is 0.131 e. The zero-order chi connectivity index (χ0) is 14.8. The molecule has 2 aromatic rings. The third-order valence-electron chi connectivity index (χ3n) is 3.40. The van der Waals surface area contributed by atoms with E-state index in [2.05, 4.69) is 52.8 Å². The molecule has 0 amide bonds. The van der Waals surface area contributed by atoms with Crippen molar-refractivity contribution in [2.24, 2.45) is 0 Å². The van der Waals surface area contributed by atoms with E-state index in [1.807, 2.05) is 30.3 Å². The quantitative estimate of drug-likeness (QED) is 0.673. The molecule has 0 saturated carbocycles. The van der Waals surface area contributed by atoms with Crippen molar-refractivity contribution >= 4 is 0 Å². The third-order valence-corrected chi connectivity index (χ3v) is 3.40. The molecule has 0 spiro atoms. The zero-order valence-corrected chi connectivity index (χ0v) is 13.1. The number of ether oxygens (including phenoxy) is 1. The average molecular weight is 268 g/mol. The fourth-order valence-electron chi connectivity index (χ4n) is 2.53. The second-order valence-electron chi connectivity index (χ2n) is 6.54. The number of para-hydroxylation sites is 1. The summed E-state index contributed by atoms with van der Waals surface area (Å²) in [6.07, 6.45) is 0. The molecule has 0 fully saturated rings. The maximum absolute atomic E-state index is 6.13. The first kappa shape index (κ1) is 14.6. The van der Waals surface area contributed by atoms with Crippen LogP contribution in [0.15, 0.2) is 48.5 Å². The van der Waals surface area contributed by atoms with Crippen LogP contribution in [-0.2, 0) is 5.41 Å². The summed E-state index contributed by atoms with van der Waals surface area (Å²) in [5.41, 5.74) is 2.73. The molecule has 0 aromatic heterocycles. The van der Waals surface area contributed by atoms with Crippen molar-refractivity contribution in [1.29, 1.82) is 0 Å². The summed E-state index contributed by atoms with van der Waals surface area (Å²) in [6, 6.07) is 16.4. The highest BCUT2D eigenvalue weighted by atomic mass is 16.5. The molecule has 0 radical (unpaired) electrons. The monoisotopic (exact) mass is 268 g/mol. The van der Waals surface area contributed by atoms with Crippen LogP contribution in [0.25, 0.3) is 0 Å². The molecule has 0 unspecified atom stereocenters. The summed E-state index contributed by atoms with van der Waals surface area (Å²) in [5.74, 6) is 2.34. The summed E-state index contributed by atoms with van der Waals surface area (Å²) in [6.45, 7) is 11.2. The SMILES string of the molecule is CC(C)c1cccc(Oc2ccccc2)c1C(C)(C)C. The van der Waals surface area contributed by atoms with Gasteiger partial charge in [-0.1, -0.05) is 65.0 Å². The van der Waals surface area contributed by atoms with E-state index in [9.17, 15) is 0 Å². The Morgan fingerprint density at radius 2 is 1.50 bits per heavy atom. The Kier molecular flexibility index (Phi) is 4.17. The lowest BCUT2D eigenvalue weighted by Gasteiger charge is -2.27. The largest absolute Gasteiger partial charge is 0.457 e. The van der Waals surface area contributed by atoms with Crippen molar-refractivity contribution < 1.29 is 4.74 Å². The first-order valence-corrected chi connectivity index (χ1v) is 7.26. The Hall–Kier alpha value is -1.76. The van der Waals surface area contributed by atoms with Crippen molar-refractivity contribution in [2.45, 2.75) is 46.0 Å². The van der Waals surface area contributed by atoms with Crippen LogP contribution in [0, 0.1) is 0 Å². The maximum Gasteiger partial charge on any atom is 0.131 e. The summed E-state index contributed by atoms with van der Waals surface area (Å²) in [5, 5.41) is 0. The molecule has 106 valence electrons. The van der Waals surface area contributed by atoms with Gasteiger partial charge >= 0.3 is 0 Å². The fourth-order valence-corrected chi connectivity index (χ4v) is 2.53. The van der Waals surface area contributed by atoms with Crippen LogP contribution >= 0.6 is 0 Å². The van der Waals surface area contributed by atoms with E-state index in [0.717, 1.165) is 11.5 Å². The van der Waals surface area contributed by atoms with E-state index < -0.39 is 0 Å². The molecular formula is C19H24O. The molecule has 1 nitrogen and oxygen atoms in total. The lowest BCUT2D eigenvalue weighted by Crippen LogP contribution is -2.16. The van der Waals surface area contributed by atoms with E-state index >= 15 is 0 Å². The van der Waals surface area contributed by atoms with Gasteiger partial charge in [0, 0.05) is 5.56 Å². The average Bonchev–Trinajstić information content (AvgIpc) is 2.38. The highest BCUT2D eigenvalue weighted by Crippen LogP contribution is 2.39. The zero-order valence-electron chi connectivity index (χ0n) is 13.1. The molecule has 1 heteroatoms. The maximum atomic E-state index is 6.13. The summed E-state index contributed by atoms with van der Waals surface area (Å²) in [4.78, 5) is 0. The van der Waals surface area contributed by atoms with Crippen LogP contribution in [0.2, 0.25) is 0 Å². The van der Waals surface area contributed by atoms with Crippen molar-refractivity contribution in [3.63, 3.8) is 0 Å². The van der Waals surface area contributed by atoms with Crippen molar-refractivity contribution in [1.82, 2.24) is 0 Å². The fraction of sp³-hybridized carbons (Fsp3) is 0.368. The number of hydrogen-bond donors (Lipinski definition) is 0. The van der Waals surface area contributed by atoms with E-state index in [4.69, 9.17) is 4.74 Å². The molecule has 0 aliphatic heterocycles. The van der Waals surface area contributed by atoms with Gasteiger partial charge in [0.25, 0.3) is 0 Å². The highest BCUT2D eigenvalue weighted by molar-refractivity contribution is 5.48. The van der Waals surface area contributed by atoms with Gasteiger partial charge in [0.2, 0.25) is 0 Å². The molecule has 0 atom stereocenters. The molecule has 2 aromatic carbocycles. The van der Waals surface area contributed by atoms with Gasteiger partial charge < -0.3 is 4.74 Å². The second-order valence-corrected chi connectivity index (χ2v) is 6.54. The van der Waals surface area contributed by atoms with E-state index in [0.29, 0.717) is 5.92 Å². The molecule has 2 rings (SSSR count). The molecule has 0 heterocycles. The van der Waals surface area contributed by atoms with Crippen LogP contribution in [0.4, 0.5) is 0 Å². The number of benzene rings is 2. The molecule has 20 heavy (non-hydrogen) atoms. The van der Waals surface area contributed by atoms with Crippen LogP contribution in [-0.4, -0.2) is 0 Å². The highest BCUT2D eigenvalue weighted by Gasteiger charge is 2.24. The van der Waals surface area contributed by atoms with Crippen LogP contribution in [0.1, 0.15) is 51.7 Å². The standard InChI is InChI=1S/C19H24O/c1-14(2)16-12-9-13-17(18(16)19(3,4)5)20-15-10-7-6-8-11-15/h6-14H,1-5H3. The Bertz CT molecular complexity index is 562. The molecule has 0 bridgehead atoms. The Morgan fingerprint density at radius 1 is 0.850 bits per heavy atom. The van der Waals surface area contributed by atoms with Crippen molar-refractivity contribution in [2.75, 3.05) is 0 Å². The minimum absolute atomic E-state index is 0.0605. The van der Waals surface area contributed by atoms with Gasteiger partial charge in [-0.3, -0.25) is 0 Å². The minimum Gasteiger partial charge on any atom is -0.457 e. The van der Waals surface area contributed by atoms with E-state index in [1.54, 1.807) is 0 Å². The van der Waals surface area contributed by atoms with Crippen LogP contribution in [0.5, 0.6) is 11.5 Å². The normalized spacial score (nSPS) is 11.7. The summed E-state index contributed by atoms with van der Waals surface area (Å²) >= 11 is 0. The van der Waals surface area contributed by atoms with Crippen LogP contribution < -0.4 is 4.74 Å². The molecule has 0 aliphatic rings. The van der Waals surface area contributed by atoms with Gasteiger partial charge in [0.1, 0.15) is 11.5 Å². The van der Waals surface area contributed by atoms with Gasteiger partial charge in [-0.05, 0) is 35.1 Å². The first-order valence-electron chi connectivity index (χ1n) is 7.26. The van der Waals surface area contributed by atoms with E-state index in [-0.39, 0.29) is 5.41 Å². The lowest BCUT2D eigenvalue weighted by atomic mass is 9.80. The summed E-state index contributed by atoms with van der Waals surface area (Å²) in [7, 11) is 0. The Morgan fingerprint density at radius 3 is 2.05 bits per heavy atom. The van der Waals surface area contributed by atoms with Crippen molar-refractivity contribution in [3.8, 4) is 11.5 Å². The second kappa shape index (κ2) is 5.70. The van der Waals surface area contributed by atoms with Gasteiger partial charge in [-0.25, -0.2) is 0 Å². The topological polar surface area (TPSA) is 9.23 Å². The third kappa shape index (κ3) is 3.22. The lowest BCUT2D eigenvalue weighted by molar-refractivity contribution is 0.451. The summed E-state index contributed by atoms with van der Waals surface area (Å²) < 4.78 is 6.13. The van der Waals surface area contributed by atoms with E-state index in [1.165, 1.54) is 11.1 Å². The van der Waals surface area contributed by atoms with Gasteiger partial charge in [-0.15, -0.1) is 0 Å². The van der Waals surface area contributed by atoms with Crippen LogP contribution in [0.3, 0.4) is 0 Å². The number of hydrogen-bond acceptors (Lipinski definition) is 1. The predicted molar refractivity (Wildman–Crippen MR) is 85.7 cm³/mol. The van der Waals surface area contributed by atoms with Gasteiger partial charge in [-0.2, -0.15) is 0 Å². The Balaban J connectivity index is 2.50. The molecule has 0 aliphatic carbocycles. The Labute approximate surface area is 122 Å². The molecule has 0 saturated heterocycles. The molecular weight excluding hydrogens is 244 g/mol. The minimum atomic E-state index is 0.0605. The number of rotatable bonds is 3. The van der Waals surface area contributed by atoms with Gasteiger partial charge in [0.05, 0.1) is 0 Å².